The van der Waals surface area contributed by atoms with Crippen molar-refractivity contribution in [3.8, 4) is 17.2 Å². The summed E-state index contributed by atoms with van der Waals surface area (Å²) in [6, 6.07) is 8.98. The van der Waals surface area contributed by atoms with Gasteiger partial charge in [-0.05, 0) is 18.2 Å². The van der Waals surface area contributed by atoms with E-state index in [9.17, 15) is 0 Å². The third kappa shape index (κ3) is 2.73. The summed E-state index contributed by atoms with van der Waals surface area (Å²) in [4.78, 5) is 3.96. The molecule has 4 nitrogen and oxygen atoms in total. The van der Waals surface area contributed by atoms with Crippen LogP contribution in [0, 0.1) is 0 Å². The molecule has 0 atom stereocenters. The molecule has 0 bridgehead atoms. The Morgan fingerprint density at radius 1 is 1.24 bits per heavy atom. The van der Waals surface area contributed by atoms with Gasteiger partial charge in [-0.25, -0.2) is 0 Å². The van der Waals surface area contributed by atoms with Crippen molar-refractivity contribution in [2.75, 3.05) is 7.11 Å². The highest BCUT2D eigenvalue weighted by Crippen LogP contribution is 2.26. The zero-order valence-electron chi connectivity index (χ0n) is 9.46. The molecule has 17 heavy (non-hydrogen) atoms. The summed E-state index contributed by atoms with van der Waals surface area (Å²) >= 11 is 0. The van der Waals surface area contributed by atoms with E-state index in [-0.39, 0.29) is 6.61 Å². The Labute approximate surface area is 99.5 Å². The first-order chi connectivity index (χ1) is 8.33. The number of aromatic nitrogens is 1. The summed E-state index contributed by atoms with van der Waals surface area (Å²) in [7, 11) is 1.60. The van der Waals surface area contributed by atoms with Crippen LogP contribution in [0.5, 0.6) is 17.2 Å². The number of aliphatic hydroxyl groups is 1. The fraction of sp³-hybridized carbons (Fsp3) is 0.154. The highest BCUT2D eigenvalue weighted by Gasteiger charge is 2.04. The van der Waals surface area contributed by atoms with Crippen LogP contribution in [-0.2, 0) is 6.61 Å². The Hall–Kier alpha value is -2.07. The molecule has 0 radical (unpaired) electrons. The van der Waals surface area contributed by atoms with Gasteiger partial charge in [0.25, 0.3) is 0 Å². The van der Waals surface area contributed by atoms with Crippen LogP contribution in [0.1, 0.15) is 5.56 Å². The van der Waals surface area contributed by atoms with Gasteiger partial charge >= 0.3 is 0 Å². The molecule has 0 aliphatic carbocycles. The highest BCUT2D eigenvalue weighted by molar-refractivity contribution is 5.38. The number of rotatable bonds is 4. The maximum atomic E-state index is 9.16. The van der Waals surface area contributed by atoms with Crippen molar-refractivity contribution >= 4 is 0 Å². The average molecular weight is 231 g/mol. The molecule has 2 rings (SSSR count). The molecule has 0 fully saturated rings. The number of aliphatic hydroxyl groups excluding tert-OH is 1. The van der Waals surface area contributed by atoms with E-state index in [4.69, 9.17) is 14.6 Å². The van der Waals surface area contributed by atoms with Gasteiger partial charge in [-0.2, -0.15) is 0 Å². The minimum Gasteiger partial charge on any atom is -0.497 e. The van der Waals surface area contributed by atoms with Crippen LogP contribution in [0.2, 0.25) is 0 Å². The van der Waals surface area contributed by atoms with Gasteiger partial charge in [0.05, 0.1) is 19.9 Å². The van der Waals surface area contributed by atoms with Crippen molar-refractivity contribution in [1.29, 1.82) is 0 Å². The van der Waals surface area contributed by atoms with E-state index in [1.54, 1.807) is 31.6 Å². The molecule has 2 aromatic rings. The molecule has 0 saturated carbocycles. The molecule has 0 aliphatic heterocycles. The summed E-state index contributed by atoms with van der Waals surface area (Å²) in [5.41, 5.74) is 0.697. The summed E-state index contributed by atoms with van der Waals surface area (Å²) in [5, 5.41) is 9.16. The minimum atomic E-state index is -0.0815. The second-order valence-electron chi connectivity index (χ2n) is 3.42. The predicted octanol–water partition coefficient (Wildman–Crippen LogP) is 2.37. The lowest BCUT2D eigenvalue weighted by Gasteiger charge is -2.09. The Bertz CT molecular complexity index is 500. The molecular formula is C13H13NO3. The second-order valence-corrected chi connectivity index (χ2v) is 3.42. The van der Waals surface area contributed by atoms with Crippen LogP contribution in [0.15, 0.2) is 42.7 Å². The maximum absolute atomic E-state index is 9.16. The van der Waals surface area contributed by atoms with Crippen LogP contribution < -0.4 is 9.47 Å². The number of hydrogen-bond donors (Lipinski definition) is 1. The van der Waals surface area contributed by atoms with Gasteiger partial charge in [0.1, 0.15) is 11.5 Å². The van der Waals surface area contributed by atoms with Crippen molar-refractivity contribution in [3.63, 3.8) is 0 Å². The number of ether oxygens (including phenoxy) is 2. The molecular weight excluding hydrogens is 218 g/mol. The fourth-order valence-electron chi connectivity index (χ4n) is 1.42. The molecule has 88 valence electrons. The number of hydrogen-bond acceptors (Lipinski definition) is 4. The van der Waals surface area contributed by atoms with E-state index in [0.717, 1.165) is 5.75 Å². The third-order valence-corrected chi connectivity index (χ3v) is 2.31. The molecule has 1 aromatic heterocycles. The van der Waals surface area contributed by atoms with Crippen molar-refractivity contribution in [3.05, 3.63) is 48.3 Å². The van der Waals surface area contributed by atoms with Gasteiger partial charge < -0.3 is 14.6 Å². The summed E-state index contributed by atoms with van der Waals surface area (Å²) in [6.45, 7) is -0.0815. The largest absolute Gasteiger partial charge is 0.497 e. The molecule has 4 heteroatoms. The van der Waals surface area contributed by atoms with Crippen LogP contribution in [-0.4, -0.2) is 17.2 Å². The predicted molar refractivity (Wildman–Crippen MR) is 63.2 cm³/mol. The number of benzene rings is 1. The van der Waals surface area contributed by atoms with Gasteiger partial charge in [0.15, 0.2) is 5.75 Å². The Kier molecular flexibility index (Phi) is 3.57. The molecule has 0 saturated heterocycles. The lowest BCUT2D eigenvalue weighted by Crippen LogP contribution is -1.93. The van der Waals surface area contributed by atoms with Gasteiger partial charge in [-0.3, -0.25) is 4.98 Å². The van der Waals surface area contributed by atoms with Gasteiger partial charge in [-0.15, -0.1) is 0 Å². The van der Waals surface area contributed by atoms with Crippen LogP contribution in [0.25, 0.3) is 0 Å². The van der Waals surface area contributed by atoms with Gasteiger partial charge in [-0.1, -0.05) is 6.07 Å². The first-order valence-corrected chi connectivity index (χ1v) is 5.19. The summed E-state index contributed by atoms with van der Waals surface area (Å²) in [5.74, 6) is 1.91. The maximum Gasteiger partial charge on any atom is 0.151 e. The molecule has 1 heterocycles. The van der Waals surface area contributed by atoms with Crippen molar-refractivity contribution < 1.29 is 14.6 Å². The zero-order chi connectivity index (χ0) is 12.1. The van der Waals surface area contributed by atoms with Crippen molar-refractivity contribution in [1.82, 2.24) is 4.98 Å². The lowest BCUT2D eigenvalue weighted by atomic mass is 10.2. The smallest absolute Gasteiger partial charge is 0.151 e. The monoisotopic (exact) mass is 231 g/mol. The first kappa shape index (κ1) is 11.4. The molecule has 0 unspecified atom stereocenters. The first-order valence-electron chi connectivity index (χ1n) is 5.19. The van der Waals surface area contributed by atoms with E-state index in [1.165, 1.54) is 0 Å². The number of nitrogens with zero attached hydrogens (tertiary/aromatic N) is 1. The standard InChI is InChI=1S/C13H13NO3/c1-16-11-3-2-4-12(7-11)17-13-8-14-6-5-10(13)9-15/h2-8,15H,9H2,1H3. The third-order valence-electron chi connectivity index (χ3n) is 2.31. The van der Waals surface area contributed by atoms with Crippen molar-refractivity contribution in [2.24, 2.45) is 0 Å². The van der Waals surface area contributed by atoms with E-state index >= 15 is 0 Å². The quantitative estimate of drug-likeness (QED) is 0.877. The van der Waals surface area contributed by atoms with Crippen molar-refractivity contribution in [2.45, 2.75) is 6.61 Å². The number of pyridine rings is 1. The topological polar surface area (TPSA) is 51.6 Å². The van der Waals surface area contributed by atoms with E-state index in [1.807, 2.05) is 18.2 Å². The second kappa shape index (κ2) is 5.32. The Morgan fingerprint density at radius 3 is 2.82 bits per heavy atom. The summed E-state index contributed by atoms with van der Waals surface area (Å²) in [6.07, 6.45) is 3.19. The zero-order valence-corrected chi connectivity index (χ0v) is 9.46. The van der Waals surface area contributed by atoms with E-state index in [2.05, 4.69) is 4.98 Å². The molecule has 0 aliphatic rings. The lowest BCUT2D eigenvalue weighted by molar-refractivity contribution is 0.276. The van der Waals surface area contributed by atoms with Crippen LogP contribution in [0.3, 0.4) is 0 Å². The van der Waals surface area contributed by atoms with Crippen LogP contribution >= 0.6 is 0 Å². The van der Waals surface area contributed by atoms with E-state index < -0.39 is 0 Å². The molecule has 0 amide bonds. The Morgan fingerprint density at radius 2 is 2.06 bits per heavy atom. The van der Waals surface area contributed by atoms with Crippen LogP contribution in [0.4, 0.5) is 0 Å². The fourth-order valence-corrected chi connectivity index (χ4v) is 1.42. The molecule has 1 aromatic carbocycles. The van der Waals surface area contributed by atoms with Gasteiger partial charge in [0, 0.05) is 17.8 Å². The molecule has 0 spiro atoms. The summed E-state index contributed by atoms with van der Waals surface area (Å²) < 4.78 is 10.7. The average Bonchev–Trinajstić information content (AvgIpc) is 2.39. The molecule has 1 N–H and O–H groups in total. The highest BCUT2D eigenvalue weighted by atomic mass is 16.5. The van der Waals surface area contributed by atoms with E-state index in [0.29, 0.717) is 17.1 Å². The minimum absolute atomic E-state index is 0.0815. The number of methoxy groups -OCH3 is 1. The Balaban J connectivity index is 2.24. The van der Waals surface area contributed by atoms with Gasteiger partial charge in [0.2, 0.25) is 0 Å². The normalized spacial score (nSPS) is 10.0. The SMILES string of the molecule is COc1cccc(Oc2cnccc2CO)c1.